The van der Waals surface area contributed by atoms with Crippen molar-refractivity contribution in [3.05, 3.63) is 17.6 Å². The van der Waals surface area contributed by atoms with Gasteiger partial charge in [-0.15, -0.1) is 11.8 Å². The predicted molar refractivity (Wildman–Crippen MR) is 45.8 cm³/mol. The van der Waals surface area contributed by atoms with Crippen LogP contribution < -0.4 is 0 Å². The Morgan fingerprint density at radius 2 is 2.07 bits per heavy atom. The number of alkyl halides is 3. The first-order valence-electron chi connectivity index (χ1n) is 3.58. The van der Waals surface area contributed by atoms with E-state index < -0.39 is 23.7 Å². The zero-order chi connectivity index (χ0) is 11.6. The highest BCUT2D eigenvalue weighted by Crippen LogP contribution is 2.29. The average molecular weight is 238 g/mol. The number of carboxylic acids is 1. The van der Waals surface area contributed by atoms with Crippen LogP contribution in [0, 0.1) is 0 Å². The van der Waals surface area contributed by atoms with Gasteiger partial charge in [0.2, 0.25) is 5.82 Å². The van der Waals surface area contributed by atoms with Gasteiger partial charge in [0.25, 0.3) is 0 Å². The Hall–Kier alpha value is -1.31. The largest absolute Gasteiger partial charge is 0.475 e. The summed E-state index contributed by atoms with van der Waals surface area (Å²) >= 11 is 0.916. The van der Waals surface area contributed by atoms with Gasteiger partial charge in [0.05, 0.1) is 0 Å². The second-order valence-electron chi connectivity index (χ2n) is 2.42. The highest BCUT2D eigenvalue weighted by Gasteiger charge is 2.34. The summed E-state index contributed by atoms with van der Waals surface area (Å²) < 4.78 is 36.8. The topological polar surface area (TPSA) is 63.1 Å². The van der Waals surface area contributed by atoms with Crippen molar-refractivity contribution in [2.24, 2.45) is 0 Å². The molecule has 1 heterocycles. The molecular formula is C7H5F3N2O2S. The summed E-state index contributed by atoms with van der Waals surface area (Å²) in [7, 11) is 0. The summed E-state index contributed by atoms with van der Waals surface area (Å²) in [6.07, 6.45) is -3.17. The molecule has 4 nitrogen and oxygen atoms in total. The van der Waals surface area contributed by atoms with Crippen LogP contribution in [0.4, 0.5) is 13.2 Å². The molecule has 8 heteroatoms. The normalized spacial score (nSPS) is 11.5. The predicted octanol–water partition coefficient (Wildman–Crippen LogP) is 1.92. The number of aromatic nitrogens is 2. The maximum absolute atomic E-state index is 12.3. The summed E-state index contributed by atoms with van der Waals surface area (Å²) in [6, 6.07) is 0.705. The molecule has 82 valence electrons. The number of rotatable bonds is 2. The maximum atomic E-state index is 12.3. The fraction of sp³-hybridized carbons (Fsp3) is 0.286. The van der Waals surface area contributed by atoms with E-state index in [-0.39, 0.29) is 5.03 Å². The second-order valence-corrected chi connectivity index (χ2v) is 3.25. The molecule has 0 fully saturated rings. The molecule has 0 saturated heterocycles. The lowest BCUT2D eigenvalue weighted by molar-refractivity contribution is -0.141. The van der Waals surface area contributed by atoms with E-state index in [4.69, 9.17) is 5.11 Å². The monoisotopic (exact) mass is 238 g/mol. The SMILES string of the molecule is CSc1cc(C(F)(F)F)nc(C(=O)O)n1. The van der Waals surface area contributed by atoms with Crippen LogP contribution in [0.5, 0.6) is 0 Å². The van der Waals surface area contributed by atoms with Crippen molar-refractivity contribution < 1.29 is 23.1 Å². The van der Waals surface area contributed by atoms with E-state index in [0.717, 1.165) is 11.8 Å². The molecule has 0 bridgehead atoms. The molecule has 0 atom stereocenters. The molecule has 0 aliphatic heterocycles. The lowest BCUT2D eigenvalue weighted by Gasteiger charge is -2.07. The van der Waals surface area contributed by atoms with E-state index in [2.05, 4.69) is 9.97 Å². The van der Waals surface area contributed by atoms with E-state index in [9.17, 15) is 18.0 Å². The van der Waals surface area contributed by atoms with Gasteiger partial charge in [0.15, 0.2) is 0 Å². The van der Waals surface area contributed by atoms with Gasteiger partial charge in [0.1, 0.15) is 10.7 Å². The Morgan fingerprint density at radius 3 is 2.47 bits per heavy atom. The van der Waals surface area contributed by atoms with E-state index in [0.29, 0.717) is 6.07 Å². The van der Waals surface area contributed by atoms with Crippen molar-refractivity contribution in [2.75, 3.05) is 6.26 Å². The molecule has 0 aliphatic carbocycles. The minimum atomic E-state index is -4.67. The van der Waals surface area contributed by atoms with Gasteiger partial charge < -0.3 is 5.11 Å². The number of carboxylic acid groups (broad SMARTS) is 1. The van der Waals surface area contributed by atoms with E-state index >= 15 is 0 Å². The van der Waals surface area contributed by atoms with Crippen LogP contribution in [0.1, 0.15) is 16.3 Å². The molecule has 15 heavy (non-hydrogen) atoms. The summed E-state index contributed by atoms with van der Waals surface area (Å²) in [5.74, 6) is -2.44. The fourth-order valence-electron chi connectivity index (χ4n) is 0.770. The molecule has 0 saturated carbocycles. The molecule has 0 aromatic carbocycles. The number of hydrogen-bond acceptors (Lipinski definition) is 4. The quantitative estimate of drug-likeness (QED) is 0.630. The molecule has 0 unspecified atom stereocenters. The maximum Gasteiger partial charge on any atom is 0.433 e. The fourth-order valence-corrected chi connectivity index (χ4v) is 1.18. The van der Waals surface area contributed by atoms with Gasteiger partial charge in [-0.05, 0) is 6.26 Å². The Balaban J connectivity index is 3.30. The van der Waals surface area contributed by atoms with E-state index in [1.807, 2.05) is 0 Å². The van der Waals surface area contributed by atoms with E-state index in [1.54, 1.807) is 0 Å². The summed E-state index contributed by atoms with van der Waals surface area (Å²) in [5, 5.41) is 8.46. The van der Waals surface area contributed by atoms with Gasteiger partial charge in [-0.25, -0.2) is 14.8 Å². The van der Waals surface area contributed by atoms with Crippen molar-refractivity contribution in [1.29, 1.82) is 0 Å². The highest BCUT2D eigenvalue weighted by atomic mass is 32.2. The number of aromatic carboxylic acids is 1. The van der Waals surface area contributed by atoms with Crippen molar-refractivity contribution in [3.8, 4) is 0 Å². The van der Waals surface area contributed by atoms with Crippen LogP contribution >= 0.6 is 11.8 Å². The van der Waals surface area contributed by atoms with Gasteiger partial charge in [0, 0.05) is 6.07 Å². The molecule has 1 N–H and O–H groups in total. The smallest absolute Gasteiger partial charge is 0.433 e. The van der Waals surface area contributed by atoms with Crippen LogP contribution in [0.25, 0.3) is 0 Å². The minimum absolute atomic E-state index is 0.0327. The van der Waals surface area contributed by atoms with Crippen molar-refractivity contribution in [2.45, 2.75) is 11.2 Å². The number of carbonyl (C=O) groups is 1. The first kappa shape index (κ1) is 11.8. The zero-order valence-corrected chi connectivity index (χ0v) is 8.19. The van der Waals surface area contributed by atoms with Crippen LogP contribution in [0.3, 0.4) is 0 Å². The standard InChI is InChI=1S/C7H5F3N2O2S/c1-15-4-2-3(7(8,9)10)11-5(12-4)6(13)14/h2H,1H3,(H,13,14). The molecule has 1 rings (SSSR count). The molecule has 1 aromatic rings. The van der Waals surface area contributed by atoms with Gasteiger partial charge in [-0.1, -0.05) is 0 Å². The molecule has 0 amide bonds. The second kappa shape index (κ2) is 4.05. The zero-order valence-electron chi connectivity index (χ0n) is 7.37. The third kappa shape index (κ3) is 2.82. The summed E-state index contributed by atoms with van der Waals surface area (Å²) in [4.78, 5) is 16.8. The third-order valence-corrected chi connectivity index (χ3v) is 2.02. The lowest BCUT2D eigenvalue weighted by Crippen LogP contribution is -2.14. The summed E-state index contributed by atoms with van der Waals surface area (Å²) in [6.45, 7) is 0. The summed E-state index contributed by atoms with van der Waals surface area (Å²) in [5.41, 5.74) is -1.25. The molecular weight excluding hydrogens is 233 g/mol. The first-order valence-corrected chi connectivity index (χ1v) is 4.80. The number of hydrogen-bond donors (Lipinski definition) is 1. The Morgan fingerprint density at radius 1 is 1.47 bits per heavy atom. The van der Waals surface area contributed by atoms with Crippen LogP contribution in [-0.4, -0.2) is 27.3 Å². The van der Waals surface area contributed by atoms with Gasteiger partial charge >= 0.3 is 12.1 Å². The lowest BCUT2D eigenvalue weighted by atomic mass is 10.4. The van der Waals surface area contributed by atoms with Crippen molar-refractivity contribution in [1.82, 2.24) is 9.97 Å². The van der Waals surface area contributed by atoms with E-state index in [1.165, 1.54) is 6.26 Å². The molecule has 1 aromatic heterocycles. The number of thioether (sulfide) groups is 1. The molecule has 0 aliphatic rings. The van der Waals surface area contributed by atoms with Gasteiger partial charge in [-0.3, -0.25) is 0 Å². The third-order valence-electron chi connectivity index (χ3n) is 1.39. The first-order chi connectivity index (χ1) is 6.84. The van der Waals surface area contributed by atoms with Crippen LogP contribution in [0.2, 0.25) is 0 Å². The highest BCUT2D eigenvalue weighted by molar-refractivity contribution is 7.98. The van der Waals surface area contributed by atoms with Crippen LogP contribution in [-0.2, 0) is 6.18 Å². The molecule has 0 radical (unpaired) electrons. The Labute approximate surface area is 86.5 Å². The van der Waals surface area contributed by atoms with Crippen LogP contribution in [0.15, 0.2) is 11.1 Å². The van der Waals surface area contributed by atoms with Crippen molar-refractivity contribution in [3.63, 3.8) is 0 Å². The molecule has 0 spiro atoms. The Bertz CT molecular complexity index is 394. The number of halogens is 3. The van der Waals surface area contributed by atoms with Crippen molar-refractivity contribution >= 4 is 17.7 Å². The Kier molecular flexibility index (Phi) is 3.18. The van der Waals surface area contributed by atoms with Gasteiger partial charge in [-0.2, -0.15) is 13.2 Å². The number of nitrogens with zero attached hydrogens (tertiary/aromatic N) is 2. The minimum Gasteiger partial charge on any atom is -0.475 e. The average Bonchev–Trinajstić information content (AvgIpc) is 2.15.